The molecule has 0 aliphatic carbocycles. The van der Waals surface area contributed by atoms with Crippen LogP contribution in [0.5, 0.6) is 0 Å². The Labute approximate surface area is 175 Å². The first-order valence-corrected chi connectivity index (χ1v) is 10.0. The highest BCUT2D eigenvalue weighted by molar-refractivity contribution is 6.12. The highest BCUT2D eigenvalue weighted by Gasteiger charge is 2.22. The fourth-order valence-corrected chi connectivity index (χ4v) is 4.17. The van der Waals surface area contributed by atoms with Crippen molar-refractivity contribution in [2.24, 2.45) is 0 Å². The molecule has 1 aliphatic rings. The summed E-state index contributed by atoms with van der Waals surface area (Å²) in [6.45, 7) is 1.72. The number of aromatic nitrogens is 3. The monoisotopic (exact) mass is 423 g/mol. The number of anilines is 1. The first kappa shape index (κ1) is 19.4. The minimum absolute atomic E-state index is 0.180. The van der Waals surface area contributed by atoms with Crippen LogP contribution in [-0.2, 0) is 0 Å². The van der Waals surface area contributed by atoms with E-state index in [9.17, 15) is 18.4 Å². The van der Waals surface area contributed by atoms with Gasteiger partial charge in [0, 0.05) is 12.0 Å². The molecule has 9 heteroatoms. The predicted molar refractivity (Wildman–Crippen MR) is 112 cm³/mol. The van der Waals surface area contributed by atoms with Crippen LogP contribution in [0, 0.1) is 11.6 Å². The van der Waals surface area contributed by atoms with Crippen LogP contribution < -0.4 is 16.2 Å². The third-order valence-corrected chi connectivity index (χ3v) is 5.67. The number of amides is 1. The Hall–Kier alpha value is -3.59. The third-order valence-electron chi connectivity index (χ3n) is 5.67. The van der Waals surface area contributed by atoms with Gasteiger partial charge in [0.1, 0.15) is 5.65 Å². The number of H-pyrrole nitrogens is 1. The van der Waals surface area contributed by atoms with Crippen LogP contribution >= 0.6 is 0 Å². The molecule has 4 aromatic rings. The van der Waals surface area contributed by atoms with Gasteiger partial charge in [0.25, 0.3) is 11.5 Å². The Kier molecular flexibility index (Phi) is 4.74. The van der Waals surface area contributed by atoms with Crippen LogP contribution in [0.1, 0.15) is 34.8 Å². The first-order valence-electron chi connectivity index (χ1n) is 10.0. The molecule has 0 saturated carbocycles. The Morgan fingerprint density at radius 3 is 2.71 bits per heavy atom. The molecule has 0 bridgehead atoms. The van der Waals surface area contributed by atoms with Crippen molar-refractivity contribution in [3.63, 3.8) is 0 Å². The molecule has 2 aromatic carbocycles. The molecule has 0 radical (unpaired) electrons. The van der Waals surface area contributed by atoms with E-state index in [-0.39, 0.29) is 11.5 Å². The lowest BCUT2D eigenvalue weighted by Crippen LogP contribution is -2.28. The van der Waals surface area contributed by atoms with Crippen molar-refractivity contribution in [2.45, 2.75) is 18.8 Å². The van der Waals surface area contributed by atoms with Crippen LogP contribution in [-0.4, -0.2) is 33.6 Å². The van der Waals surface area contributed by atoms with Gasteiger partial charge >= 0.3 is 0 Å². The molecule has 1 amide bonds. The molecule has 31 heavy (non-hydrogen) atoms. The summed E-state index contributed by atoms with van der Waals surface area (Å²) >= 11 is 0. The van der Waals surface area contributed by atoms with Crippen molar-refractivity contribution in [1.82, 2.24) is 19.9 Å². The molecular formula is C22H19F2N5O2. The third kappa shape index (κ3) is 3.36. The van der Waals surface area contributed by atoms with Gasteiger partial charge in [-0.3, -0.25) is 9.59 Å². The molecule has 7 nitrogen and oxygen atoms in total. The zero-order valence-electron chi connectivity index (χ0n) is 16.4. The largest absolute Gasteiger partial charge is 0.321 e. The van der Waals surface area contributed by atoms with E-state index >= 15 is 0 Å². The van der Waals surface area contributed by atoms with Crippen molar-refractivity contribution in [3.8, 4) is 0 Å². The minimum atomic E-state index is -1.21. The van der Waals surface area contributed by atoms with Crippen molar-refractivity contribution < 1.29 is 13.6 Å². The second-order valence-corrected chi connectivity index (χ2v) is 7.60. The smallest absolute Gasteiger partial charge is 0.258 e. The summed E-state index contributed by atoms with van der Waals surface area (Å²) in [6.07, 6.45) is 1.77. The molecule has 2 aromatic heterocycles. The Morgan fingerprint density at radius 1 is 1.13 bits per heavy atom. The second-order valence-electron chi connectivity index (χ2n) is 7.60. The lowest BCUT2D eigenvalue weighted by atomic mass is 9.94. The molecule has 1 saturated heterocycles. The number of aromatic amines is 1. The van der Waals surface area contributed by atoms with E-state index in [1.165, 1.54) is 12.1 Å². The van der Waals surface area contributed by atoms with Crippen LogP contribution in [0.2, 0.25) is 0 Å². The van der Waals surface area contributed by atoms with E-state index in [0.717, 1.165) is 37.7 Å². The number of rotatable bonds is 3. The number of piperidine rings is 1. The summed E-state index contributed by atoms with van der Waals surface area (Å²) in [7, 11) is 0. The second kappa shape index (κ2) is 7.59. The van der Waals surface area contributed by atoms with Gasteiger partial charge in [-0.05, 0) is 50.2 Å². The molecule has 5 rings (SSSR count). The van der Waals surface area contributed by atoms with E-state index in [0.29, 0.717) is 22.2 Å². The Balaban J connectivity index is 1.64. The zero-order chi connectivity index (χ0) is 21.5. The number of hydrogen-bond acceptors (Lipinski definition) is 4. The van der Waals surface area contributed by atoms with Crippen LogP contribution in [0.15, 0.2) is 47.3 Å². The predicted octanol–water partition coefficient (Wildman–Crippen LogP) is 3.17. The van der Waals surface area contributed by atoms with Crippen molar-refractivity contribution >= 4 is 28.1 Å². The molecule has 0 unspecified atom stereocenters. The number of halogens is 2. The number of carbonyl (C=O) groups is 1. The number of hydrogen-bond donors (Lipinski definition) is 3. The summed E-state index contributed by atoms with van der Waals surface area (Å²) in [5, 5.41) is 11.1. The standard InChI is InChI=1S/C22H19F2N5O2/c23-14-4-1-3-13(20(14)24)22(31)26-15-5-2-6-16-19(15)21-27-18(30)11-17(29(21)28-16)12-7-9-25-10-8-12/h1-6,11-12,25H,7-10H2,(H,26,31)(H,27,30). The van der Waals surface area contributed by atoms with E-state index < -0.39 is 23.1 Å². The maximum absolute atomic E-state index is 14.1. The van der Waals surface area contributed by atoms with E-state index in [4.69, 9.17) is 0 Å². The Morgan fingerprint density at radius 2 is 1.90 bits per heavy atom. The highest BCUT2D eigenvalue weighted by Crippen LogP contribution is 2.30. The molecule has 1 aliphatic heterocycles. The van der Waals surface area contributed by atoms with Gasteiger partial charge in [0.2, 0.25) is 0 Å². The maximum Gasteiger partial charge on any atom is 0.258 e. The number of fused-ring (bicyclic) bond motifs is 3. The van der Waals surface area contributed by atoms with Gasteiger partial charge in [-0.2, -0.15) is 5.10 Å². The highest BCUT2D eigenvalue weighted by atomic mass is 19.2. The van der Waals surface area contributed by atoms with Gasteiger partial charge in [0.05, 0.1) is 27.8 Å². The molecular weight excluding hydrogens is 404 g/mol. The van der Waals surface area contributed by atoms with Gasteiger partial charge in [-0.25, -0.2) is 13.3 Å². The number of carbonyl (C=O) groups excluding carboxylic acids is 1. The summed E-state index contributed by atoms with van der Waals surface area (Å²) in [6, 6.07) is 10.1. The van der Waals surface area contributed by atoms with E-state index in [2.05, 4.69) is 20.7 Å². The van der Waals surface area contributed by atoms with E-state index in [1.54, 1.807) is 28.8 Å². The van der Waals surface area contributed by atoms with Gasteiger partial charge in [-0.15, -0.1) is 0 Å². The van der Waals surface area contributed by atoms with Crippen molar-refractivity contribution in [2.75, 3.05) is 18.4 Å². The normalized spacial score (nSPS) is 14.9. The van der Waals surface area contributed by atoms with Crippen molar-refractivity contribution in [3.05, 3.63) is 75.7 Å². The van der Waals surface area contributed by atoms with Crippen molar-refractivity contribution in [1.29, 1.82) is 0 Å². The quantitative estimate of drug-likeness (QED) is 0.472. The van der Waals surface area contributed by atoms with Crippen LogP contribution in [0.4, 0.5) is 14.5 Å². The summed E-state index contributed by atoms with van der Waals surface area (Å²) in [5.74, 6) is -2.92. The fraction of sp³-hybridized carbons (Fsp3) is 0.227. The number of nitrogens with zero attached hydrogens (tertiary/aromatic N) is 2. The van der Waals surface area contributed by atoms with Gasteiger partial charge in [-0.1, -0.05) is 12.1 Å². The first-order chi connectivity index (χ1) is 15.0. The molecule has 0 spiro atoms. The topological polar surface area (TPSA) is 91.3 Å². The molecule has 3 heterocycles. The molecule has 0 atom stereocenters. The summed E-state index contributed by atoms with van der Waals surface area (Å²) < 4.78 is 29.3. The zero-order valence-corrected chi connectivity index (χ0v) is 16.4. The SMILES string of the molecule is O=C(Nc1cccc2nn3c(C4CCNCC4)cc(=O)[nH]c3c12)c1cccc(F)c1F. The van der Waals surface area contributed by atoms with Gasteiger partial charge < -0.3 is 15.6 Å². The summed E-state index contributed by atoms with van der Waals surface area (Å²) in [5.41, 5.74) is 1.50. The van der Waals surface area contributed by atoms with Gasteiger partial charge in [0.15, 0.2) is 11.6 Å². The number of nitrogens with one attached hydrogen (secondary N) is 3. The summed E-state index contributed by atoms with van der Waals surface area (Å²) in [4.78, 5) is 27.9. The van der Waals surface area contributed by atoms with Crippen LogP contribution in [0.25, 0.3) is 16.6 Å². The molecule has 3 N–H and O–H groups in total. The maximum atomic E-state index is 14.1. The fourth-order valence-electron chi connectivity index (χ4n) is 4.17. The lowest BCUT2D eigenvalue weighted by Gasteiger charge is -2.23. The molecule has 1 fully saturated rings. The lowest BCUT2D eigenvalue weighted by molar-refractivity contribution is 0.102. The average Bonchev–Trinajstić information content (AvgIpc) is 3.15. The van der Waals surface area contributed by atoms with E-state index in [1.807, 2.05) is 0 Å². The minimum Gasteiger partial charge on any atom is -0.321 e. The average molecular weight is 423 g/mol. The molecule has 158 valence electrons. The van der Waals surface area contributed by atoms with Crippen LogP contribution in [0.3, 0.4) is 0 Å². The Bertz CT molecular complexity index is 1370. The number of benzene rings is 2.